The number of nitriles is 1. The van der Waals surface area contributed by atoms with Crippen molar-refractivity contribution in [3.8, 4) is 23.3 Å². The number of carbonyl (C=O) groups excluding carboxylic acids is 1. The van der Waals surface area contributed by atoms with Gasteiger partial charge in [-0.2, -0.15) is 15.2 Å². The van der Waals surface area contributed by atoms with Crippen LogP contribution >= 0.6 is 11.6 Å². The number of hydrogen-bond acceptors (Lipinski definition) is 9. The van der Waals surface area contributed by atoms with Gasteiger partial charge in [0, 0.05) is 62.8 Å². The molecular formula is C34H38ClF2N7O3. The number of rotatable bonds is 6. The number of aromatic nitrogens is 3. The fourth-order valence-electron chi connectivity index (χ4n) is 5.72. The van der Waals surface area contributed by atoms with Gasteiger partial charge in [0.25, 0.3) is 0 Å². The van der Waals surface area contributed by atoms with Crippen LogP contribution in [-0.4, -0.2) is 88.4 Å². The fraction of sp³-hybridized carbons (Fsp3) is 0.441. The summed E-state index contributed by atoms with van der Waals surface area (Å²) >= 11 is 6.37. The molecule has 0 N–H and O–H groups in total. The van der Waals surface area contributed by atoms with E-state index in [0.717, 1.165) is 19.5 Å². The summed E-state index contributed by atoms with van der Waals surface area (Å²) in [6, 6.07) is 10.1. The molecular weight excluding hydrogens is 628 g/mol. The molecule has 10 nitrogen and oxygen atoms in total. The van der Waals surface area contributed by atoms with Gasteiger partial charge in [0.1, 0.15) is 35.1 Å². The number of amides is 1. The van der Waals surface area contributed by atoms with Crippen LogP contribution in [0, 0.1) is 23.0 Å². The van der Waals surface area contributed by atoms with Crippen molar-refractivity contribution in [2.24, 2.45) is 0 Å². The quantitative estimate of drug-likeness (QED) is 0.219. The van der Waals surface area contributed by atoms with E-state index >= 15 is 4.39 Å². The summed E-state index contributed by atoms with van der Waals surface area (Å²) in [5.74, 6) is -0.819. The average molecular weight is 666 g/mol. The maximum Gasteiger partial charge on any atom is 0.410 e. The van der Waals surface area contributed by atoms with Gasteiger partial charge in [-0.1, -0.05) is 42.8 Å². The molecule has 47 heavy (non-hydrogen) atoms. The maximum atomic E-state index is 16.5. The monoisotopic (exact) mass is 665 g/mol. The number of fused-ring (bicyclic) bond motifs is 2. The zero-order chi connectivity index (χ0) is 33.9. The molecule has 13 heteroatoms. The Morgan fingerprint density at radius 2 is 1.83 bits per heavy atom. The van der Waals surface area contributed by atoms with Crippen molar-refractivity contribution in [2.75, 3.05) is 50.8 Å². The number of nitrogens with zero attached hydrogens (tertiary/aromatic N) is 7. The van der Waals surface area contributed by atoms with Crippen LogP contribution in [0.2, 0.25) is 5.02 Å². The summed E-state index contributed by atoms with van der Waals surface area (Å²) in [5, 5.41) is 8.65. The van der Waals surface area contributed by atoms with Gasteiger partial charge in [-0.05, 0) is 45.2 Å². The van der Waals surface area contributed by atoms with Crippen LogP contribution in [0.5, 0.6) is 6.01 Å². The van der Waals surface area contributed by atoms with Crippen molar-refractivity contribution in [1.82, 2.24) is 24.8 Å². The summed E-state index contributed by atoms with van der Waals surface area (Å²) in [5.41, 5.74) is -0.210. The largest absolute Gasteiger partial charge is 0.462 e. The van der Waals surface area contributed by atoms with E-state index in [1.165, 1.54) is 19.2 Å². The summed E-state index contributed by atoms with van der Waals surface area (Å²) in [6.45, 7) is 13.0. The van der Waals surface area contributed by atoms with Crippen molar-refractivity contribution in [2.45, 2.75) is 52.7 Å². The summed E-state index contributed by atoms with van der Waals surface area (Å²) < 4.78 is 42.6. The Bertz CT molecular complexity index is 1820. The molecule has 1 amide bonds. The number of hydrogen-bond donors (Lipinski definition) is 0. The Morgan fingerprint density at radius 3 is 2.47 bits per heavy atom. The molecule has 0 aliphatic carbocycles. The Hall–Kier alpha value is -4.34. The maximum absolute atomic E-state index is 16.5. The van der Waals surface area contributed by atoms with Gasteiger partial charge in [-0.15, -0.1) is 0 Å². The molecule has 2 aliphatic rings. The molecule has 4 heterocycles. The molecule has 1 atom stereocenters. The average Bonchev–Trinajstić information content (AvgIpc) is 3.02. The number of likely N-dealkylation sites (tertiary alicyclic amines) is 1. The highest BCUT2D eigenvalue weighted by Gasteiger charge is 2.30. The van der Waals surface area contributed by atoms with Gasteiger partial charge in [-0.3, -0.25) is 9.88 Å². The van der Waals surface area contributed by atoms with Gasteiger partial charge in [0.2, 0.25) is 0 Å². The Balaban J connectivity index is 0.00000139. The molecule has 2 fully saturated rings. The zero-order valence-electron chi connectivity index (χ0n) is 27.2. The van der Waals surface area contributed by atoms with Crippen LogP contribution in [0.15, 0.2) is 36.5 Å². The minimum atomic E-state index is -0.685. The first-order chi connectivity index (χ1) is 22.4. The number of pyridine rings is 1. The molecule has 2 saturated heterocycles. The van der Waals surface area contributed by atoms with Crippen molar-refractivity contribution in [3.05, 3.63) is 53.2 Å². The molecule has 0 saturated carbocycles. The van der Waals surface area contributed by atoms with E-state index in [2.05, 4.69) is 21.8 Å². The Kier molecular flexibility index (Phi) is 10.3. The third-order valence-corrected chi connectivity index (χ3v) is 8.51. The smallest absolute Gasteiger partial charge is 0.410 e. The first-order valence-electron chi connectivity index (χ1n) is 15.6. The molecule has 248 valence electrons. The lowest BCUT2D eigenvalue weighted by Gasteiger charge is -2.39. The molecule has 4 aromatic rings. The first-order valence-corrected chi connectivity index (χ1v) is 16.0. The van der Waals surface area contributed by atoms with Crippen molar-refractivity contribution < 1.29 is 23.0 Å². The number of halogens is 3. The molecule has 6 rings (SSSR count). The molecule has 0 bridgehead atoms. The van der Waals surface area contributed by atoms with E-state index in [-0.39, 0.29) is 34.4 Å². The SMILES string of the molecule is CC#N.CCN1CCC1COc1nc(N2CCN(C(=O)OC(C)(C)C)CC2)c2cnc(-c3cccc4ccc(F)c(Cl)c34)c(F)c2n1. The molecule has 2 aromatic carbocycles. The zero-order valence-corrected chi connectivity index (χ0v) is 27.9. The fourth-order valence-corrected chi connectivity index (χ4v) is 5.99. The normalized spacial score (nSPS) is 16.7. The second-order valence-electron chi connectivity index (χ2n) is 12.3. The predicted octanol–water partition coefficient (Wildman–Crippen LogP) is 6.84. The van der Waals surface area contributed by atoms with Gasteiger partial charge in [-0.25, -0.2) is 13.6 Å². The summed E-state index contributed by atoms with van der Waals surface area (Å²) in [7, 11) is 0. The second kappa shape index (κ2) is 14.2. The molecule has 0 spiro atoms. The number of likely N-dealkylation sites (N-methyl/N-ethyl adjacent to an activating group) is 1. The lowest BCUT2D eigenvalue weighted by molar-refractivity contribution is 0.0240. The predicted molar refractivity (Wildman–Crippen MR) is 178 cm³/mol. The Labute approximate surface area is 277 Å². The minimum absolute atomic E-state index is 0.00269. The standard InChI is InChI=1S/C32H35ClF2N6O3.C2H3N/c1-5-39-12-11-20(39)18-43-30-37-28-22(29(38-30)40-13-15-41(16-14-40)31(42)44-32(2,3)4)17-36-27(26(28)35)21-8-6-7-19-9-10-23(34)25(33)24(19)21;1-2-3/h6-10,17,20H,5,11-16,18H2,1-4H3;1H3. The van der Waals surface area contributed by atoms with Gasteiger partial charge >= 0.3 is 12.1 Å². The van der Waals surface area contributed by atoms with Gasteiger partial charge in [0.05, 0.1) is 16.5 Å². The summed E-state index contributed by atoms with van der Waals surface area (Å²) in [4.78, 5) is 32.3. The first kappa shape index (κ1) is 34.0. The third-order valence-electron chi connectivity index (χ3n) is 8.14. The van der Waals surface area contributed by atoms with Crippen LogP contribution in [-0.2, 0) is 4.74 Å². The van der Waals surface area contributed by atoms with Crippen LogP contribution in [0.1, 0.15) is 41.0 Å². The molecule has 0 radical (unpaired) electrons. The number of anilines is 1. The number of ether oxygens (including phenoxy) is 2. The third kappa shape index (κ3) is 7.31. The van der Waals surface area contributed by atoms with E-state index in [4.69, 9.17) is 31.3 Å². The summed E-state index contributed by atoms with van der Waals surface area (Å²) in [6.07, 6.45) is 2.16. The molecule has 2 aromatic heterocycles. The van der Waals surface area contributed by atoms with Crippen molar-refractivity contribution >= 4 is 45.2 Å². The van der Waals surface area contributed by atoms with Gasteiger partial charge < -0.3 is 19.3 Å². The van der Waals surface area contributed by atoms with Crippen LogP contribution in [0.25, 0.3) is 32.9 Å². The second-order valence-corrected chi connectivity index (χ2v) is 12.7. The highest BCUT2D eigenvalue weighted by molar-refractivity contribution is 6.36. The van der Waals surface area contributed by atoms with E-state index in [9.17, 15) is 9.18 Å². The highest BCUT2D eigenvalue weighted by atomic mass is 35.5. The lowest BCUT2D eigenvalue weighted by atomic mass is 10.0. The lowest BCUT2D eigenvalue weighted by Crippen LogP contribution is -2.50. The Morgan fingerprint density at radius 1 is 1.11 bits per heavy atom. The number of benzene rings is 2. The van der Waals surface area contributed by atoms with Crippen molar-refractivity contribution in [3.63, 3.8) is 0 Å². The van der Waals surface area contributed by atoms with Crippen LogP contribution < -0.4 is 9.64 Å². The molecule has 1 unspecified atom stereocenters. The van der Waals surface area contributed by atoms with E-state index < -0.39 is 17.2 Å². The van der Waals surface area contributed by atoms with Crippen molar-refractivity contribution in [1.29, 1.82) is 5.26 Å². The topological polar surface area (TPSA) is 108 Å². The van der Waals surface area contributed by atoms with E-state index in [1.54, 1.807) is 35.2 Å². The van der Waals surface area contributed by atoms with E-state index in [0.29, 0.717) is 60.3 Å². The number of carbonyl (C=O) groups is 1. The molecule has 2 aliphatic heterocycles. The highest BCUT2D eigenvalue weighted by Crippen LogP contribution is 2.38. The van der Waals surface area contributed by atoms with Crippen LogP contribution in [0.4, 0.5) is 19.4 Å². The minimum Gasteiger partial charge on any atom is -0.462 e. The van der Waals surface area contributed by atoms with Gasteiger partial charge in [0.15, 0.2) is 5.82 Å². The van der Waals surface area contributed by atoms with E-state index in [1.807, 2.05) is 25.7 Å². The van der Waals surface area contributed by atoms with Crippen LogP contribution in [0.3, 0.4) is 0 Å². The number of piperazine rings is 1.